The highest BCUT2D eigenvalue weighted by molar-refractivity contribution is 7.99. The summed E-state index contributed by atoms with van der Waals surface area (Å²) in [4.78, 5) is 0. The van der Waals surface area contributed by atoms with Crippen LogP contribution < -0.4 is 4.74 Å². The topological polar surface area (TPSA) is 29.5 Å². The average molecular weight is 261 g/mol. The molecule has 0 aliphatic heterocycles. The van der Waals surface area contributed by atoms with Crippen molar-refractivity contribution in [3.05, 3.63) is 29.3 Å². The van der Waals surface area contributed by atoms with E-state index in [2.05, 4.69) is 0 Å². The zero-order valence-electron chi connectivity index (χ0n) is 9.52. The Morgan fingerprint density at radius 3 is 2.50 bits per heavy atom. The summed E-state index contributed by atoms with van der Waals surface area (Å²) in [6.07, 6.45) is -0.277. The number of hydrogen-bond donors (Lipinski definition) is 1. The van der Waals surface area contributed by atoms with E-state index in [0.29, 0.717) is 11.6 Å². The predicted molar refractivity (Wildman–Crippen MR) is 70.5 cm³/mol. The molecule has 0 amide bonds. The van der Waals surface area contributed by atoms with Crippen molar-refractivity contribution in [2.75, 3.05) is 12.4 Å². The van der Waals surface area contributed by atoms with Gasteiger partial charge >= 0.3 is 0 Å². The third kappa shape index (κ3) is 5.10. The van der Waals surface area contributed by atoms with E-state index >= 15 is 0 Å². The number of halogens is 1. The van der Waals surface area contributed by atoms with Crippen LogP contribution in [0.15, 0.2) is 24.3 Å². The highest BCUT2D eigenvalue weighted by Crippen LogP contribution is 2.17. The Kier molecular flexibility index (Phi) is 6.03. The van der Waals surface area contributed by atoms with E-state index in [1.807, 2.05) is 31.2 Å². The van der Waals surface area contributed by atoms with Gasteiger partial charge in [0.2, 0.25) is 0 Å². The Bertz CT molecular complexity index is 300. The van der Waals surface area contributed by atoms with Crippen molar-refractivity contribution in [2.24, 2.45) is 0 Å². The molecule has 0 aliphatic rings. The van der Waals surface area contributed by atoms with E-state index < -0.39 is 0 Å². The molecule has 0 fully saturated rings. The second kappa shape index (κ2) is 7.05. The van der Waals surface area contributed by atoms with Crippen molar-refractivity contribution < 1.29 is 9.84 Å². The molecule has 2 nitrogen and oxygen atoms in total. The molecule has 2 atom stereocenters. The van der Waals surface area contributed by atoms with Crippen LogP contribution in [0.1, 0.15) is 13.8 Å². The lowest BCUT2D eigenvalue weighted by molar-refractivity contribution is 0.196. The molecule has 0 aliphatic carbocycles. The molecule has 0 bridgehead atoms. The lowest BCUT2D eigenvalue weighted by Crippen LogP contribution is -2.17. The van der Waals surface area contributed by atoms with Gasteiger partial charge in [-0.3, -0.25) is 0 Å². The Balaban J connectivity index is 2.18. The molecular weight excluding hydrogens is 244 g/mol. The third-order valence-electron chi connectivity index (χ3n) is 2.23. The summed E-state index contributed by atoms with van der Waals surface area (Å²) in [5.41, 5.74) is 0. The third-order valence-corrected chi connectivity index (χ3v) is 3.80. The van der Waals surface area contributed by atoms with Crippen molar-refractivity contribution in [3.63, 3.8) is 0 Å². The highest BCUT2D eigenvalue weighted by atomic mass is 35.5. The van der Waals surface area contributed by atoms with E-state index in [0.717, 1.165) is 11.5 Å². The lowest BCUT2D eigenvalue weighted by atomic mass is 10.3. The molecular formula is C12H17ClO2S. The Labute approximate surface area is 106 Å². The number of ether oxygens (including phenoxy) is 1. The standard InChI is InChI=1S/C12H17ClO2S/c1-9(14)10(2)16-8-7-15-12-5-3-11(13)4-6-12/h3-6,9-10,14H,7-8H2,1-2H3. The van der Waals surface area contributed by atoms with Crippen LogP contribution in [-0.2, 0) is 0 Å². The second-order valence-corrected chi connectivity index (χ2v) is 5.54. The minimum atomic E-state index is -0.277. The van der Waals surface area contributed by atoms with Gasteiger partial charge < -0.3 is 9.84 Å². The molecule has 1 aromatic carbocycles. The van der Waals surface area contributed by atoms with Crippen molar-refractivity contribution in [1.82, 2.24) is 0 Å². The molecule has 0 radical (unpaired) electrons. The Hall–Kier alpha value is -0.380. The second-order valence-electron chi connectivity index (χ2n) is 3.62. The van der Waals surface area contributed by atoms with Crippen LogP contribution in [0.2, 0.25) is 5.02 Å². The quantitative estimate of drug-likeness (QED) is 0.797. The molecule has 0 saturated carbocycles. The summed E-state index contributed by atoms with van der Waals surface area (Å²) >= 11 is 7.47. The van der Waals surface area contributed by atoms with Gasteiger partial charge in [-0.2, -0.15) is 11.8 Å². The summed E-state index contributed by atoms with van der Waals surface area (Å²) in [5.74, 6) is 1.70. The van der Waals surface area contributed by atoms with E-state index in [4.69, 9.17) is 16.3 Å². The number of benzene rings is 1. The van der Waals surface area contributed by atoms with Crippen LogP contribution in [0.25, 0.3) is 0 Å². The zero-order chi connectivity index (χ0) is 12.0. The van der Waals surface area contributed by atoms with Crippen molar-refractivity contribution in [1.29, 1.82) is 0 Å². The number of hydrogen-bond acceptors (Lipinski definition) is 3. The van der Waals surface area contributed by atoms with Crippen LogP contribution >= 0.6 is 23.4 Å². The maximum atomic E-state index is 9.29. The van der Waals surface area contributed by atoms with Gasteiger partial charge in [-0.05, 0) is 31.2 Å². The first-order valence-electron chi connectivity index (χ1n) is 5.27. The van der Waals surface area contributed by atoms with E-state index in [1.54, 1.807) is 18.7 Å². The summed E-state index contributed by atoms with van der Waals surface area (Å²) in [7, 11) is 0. The van der Waals surface area contributed by atoms with Gasteiger partial charge in [0.15, 0.2) is 0 Å². The van der Waals surface area contributed by atoms with Crippen molar-refractivity contribution >= 4 is 23.4 Å². The molecule has 0 aromatic heterocycles. The number of aliphatic hydroxyl groups is 1. The fourth-order valence-electron chi connectivity index (χ4n) is 1.06. The highest BCUT2D eigenvalue weighted by Gasteiger charge is 2.08. The van der Waals surface area contributed by atoms with Crippen molar-refractivity contribution in [3.8, 4) is 5.75 Å². The zero-order valence-corrected chi connectivity index (χ0v) is 11.1. The van der Waals surface area contributed by atoms with Gasteiger partial charge in [0.25, 0.3) is 0 Å². The fraction of sp³-hybridized carbons (Fsp3) is 0.500. The maximum absolute atomic E-state index is 9.29. The van der Waals surface area contributed by atoms with Gasteiger partial charge in [-0.25, -0.2) is 0 Å². The molecule has 2 unspecified atom stereocenters. The van der Waals surface area contributed by atoms with Gasteiger partial charge in [-0.15, -0.1) is 0 Å². The van der Waals surface area contributed by atoms with Crippen LogP contribution in [-0.4, -0.2) is 28.8 Å². The molecule has 90 valence electrons. The van der Waals surface area contributed by atoms with Gasteiger partial charge in [0.1, 0.15) is 5.75 Å². The Morgan fingerprint density at radius 2 is 1.94 bits per heavy atom. The summed E-state index contributed by atoms with van der Waals surface area (Å²) < 4.78 is 5.53. The SMILES string of the molecule is CC(O)C(C)SCCOc1ccc(Cl)cc1. The molecule has 4 heteroatoms. The molecule has 0 heterocycles. The van der Waals surface area contributed by atoms with Crippen LogP contribution in [0, 0.1) is 0 Å². The molecule has 0 saturated heterocycles. The monoisotopic (exact) mass is 260 g/mol. The van der Waals surface area contributed by atoms with Gasteiger partial charge in [0.05, 0.1) is 12.7 Å². The van der Waals surface area contributed by atoms with Crippen LogP contribution in [0.3, 0.4) is 0 Å². The normalized spacial score (nSPS) is 14.5. The van der Waals surface area contributed by atoms with E-state index in [9.17, 15) is 5.11 Å². The smallest absolute Gasteiger partial charge is 0.119 e. The van der Waals surface area contributed by atoms with Gasteiger partial charge in [-0.1, -0.05) is 18.5 Å². The number of aliphatic hydroxyl groups excluding tert-OH is 1. The largest absolute Gasteiger partial charge is 0.493 e. The molecule has 1 N–H and O–H groups in total. The van der Waals surface area contributed by atoms with Crippen LogP contribution in [0.4, 0.5) is 0 Å². The molecule has 0 spiro atoms. The summed E-state index contributed by atoms with van der Waals surface area (Å²) in [6.45, 7) is 4.46. The number of thioether (sulfide) groups is 1. The number of rotatable bonds is 6. The first-order chi connectivity index (χ1) is 7.59. The molecule has 1 aromatic rings. The summed E-state index contributed by atoms with van der Waals surface area (Å²) in [5, 5.41) is 10.2. The first kappa shape index (κ1) is 13.7. The molecule has 1 rings (SSSR count). The average Bonchev–Trinajstić information content (AvgIpc) is 2.26. The maximum Gasteiger partial charge on any atom is 0.119 e. The Morgan fingerprint density at radius 1 is 1.31 bits per heavy atom. The summed E-state index contributed by atoms with van der Waals surface area (Å²) in [6, 6.07) is 7.32. The van der Waals surface area contributed by atoms with Crippen LogP contribution in [0.5, 0.6) is 5.75 Å². The van der Waals surface area contributed by atoms with Crippen molar-refractivity contribution in [2.45, 2.75) is 25.2 Å². The van der Waals surface area contributed by atoms with E-state index in [1.165, 1.54) is 0 Å². The van der Waals surface area contributed by atoms with E-state index in [-0.39, 0.29) is 11.4 Å². The minimum Gasteiger partial charge on any atom is -0.493 e. The minimum absolute atomic E-state index is 0.244. The van der Waals surface area contributed by atoms with Gasteiger partial charge in [0, 0.05) is 16.0 Å². The predicted octanol–water partition coefficient (Wildman–Crippen LogP) is 3.22. The first-order valence-corrected chi connectivity index (χ1v) is 6.70. The fourth-order valence-corrected chi connectivity index (χ4v) is 2.02. The lowest BCUT2D eigenvalue weighted by Gasteiger charge is -2.14. The molecule has 16 heavy (non-hydrogen) atoms.